The monoisotopic (exact) mass is 546 g/mol. The summed E-state index contributed by atoms with van der Waals surface area (Å²) in [5.41, 5.74) is 0.103. The van der Waals surface area contributed by atoms with Crippen LogP contribution in [0.3, 0.4) is 0 Å². The molecule has 1 aromatic carbocycles. The smallest absolute Gasteiger partial charge is 0.408 e. The summed E-state index contributed by atoms with van der Waals surface area (Å²) >= 11 is 0. The van der Waals surface area contributed by atoms with Gasteiger partial charge in [0.2, 0.25) is 11.9 Å². The van der Waals surface area contributed by atoms with Gasteiger partial charge in [-0.15, -0.1) is 4.98 Å². The number of carbonyl (C=O) groups excluding carboxylic acids is 3. The molecule has 2 amide bonds. The van der Waals surface area contributed by atoms with Crippen LogP contribution < -0.4 is 25.4 Å². The molecule has 13 heteroatoms. The van der Waals surface area contributed by atoms with E-state index in [2.05, 4.69) is 30.9 Å². The summed E-state index contributed by atoms with van der Waals surface area (Å²) in [4.78, 5) is 50.3. The molecule has 39 heavy (non-hydrogen) atoms. The van der Waals surface area contributed by atoms with Gasteiger partial charge < -0.3 is 34.9 Å². The van der Waals surface area contributed by atoms with Crippen molar-refractivity contribution in [2.45, 2.75) is 64.1 Å². The first-order chi connectivity index (χ1) is 18.5. The second-order valence-electron chi connectivity index (χ2n) is 9.53. The molecule has 0 saturated carbocycles. The van der Waals surface area contributed by atoms with Crippen molar-refractivity contribution in [3.05, 3.63) is 35.9 Å². The molecule has 0 saturated heterocycles. The van der Waals surface area contributed by atoms with E-state index >= 15 is 0 Å². The molecule has 214 valence electrons. The maximum Gasteiger partial charge on any atom is 0.408 e. The van der Waals surface area contributed by atoms with Crippen LogP contribution in [0.25, 0.3) is 0 Å². The maximum absolute atomic E-state index is 13.2. The minimum absolute atomic E-state index is 0.110. The van der Waals surface area contributed by atoms with Crippen molar-refractivity contribution < 1.29 is 33.3 Å². The third-order valence-electron chi connectivity index (χ3n) is 5.25. The van der Waals surface area contributed by atoms with Crippen LogP contribution in [0.4, 0.5) is 10.7 Å². The second-order valence-corrected chi connectivity index (χ2v) is 9.53. The lowest BCUT2D eigenvalue weighted by atomic mass is 10.0. The summed E-state index contributed by atoms with van der Waals surface area (Å²) in [6, 6.07) is 7.59. The highest BCUT2D eigenvalue weighted by atomic mass is 16.6. The Bertz CT molecular complexity index is 1060. The van der Waals surface area contributed by atoms with Gasteiger partial charge in [-0.3, -0.25) is 4.79 Å². The predicted molar refractivity (Wildman–Crippen MR) is 143 cm³/mol. The lowest BCUT2D eigenvalue weighted by Gasteiger charge is -2.25. The number of benzene rings is 1. The van der Waals surface area contributed by atoms with Gasteiger partial charge >= 0.3 is 24.1 Å². The minimum atomic E-state index is -0.944. The van der Waals surface area contributed by atoms with Crippen LogP contribution in [0.1, 0.15) is 45.6 Å². The molecule has 0 bridgehead atoms. The fourth-order valence-electron chi connectivity index (χ4n) is 3.45. The molecular formula is C26H38N6O7. The van der Waals surface area contributed by atoms with Gasteiger partial charge in [0.05, 0.1) is 21.3 Å². The van der Waals surface area contributed by atoms with Gasteiger partial charge in [0.1, 0.15) is 17.7 Å². The van der Waals surface area contributed by atoms with E-state index in [9.17, 15) is 14.4 Å². The highest BCUT2D eigenvalue weighted by Gasteiger charge is 2.28. The van der Waals surface area contributed by atoms with E-state index in [-0.39, 0.29) is 30.8 Å². The van der Waals surface area contributed by atoms with Gasteiger partial charge in [0.15, 0.2) is 0 Å². The molecule has 0 radical (unpaired) electrons. The van der Waals surface area contributed by atoms with Crippen molar-refractivity contribution in [3.63, 3.8) is 0 Å². The summed E-state index contributed by atoms with van der Waals surface area (Å²) in [7, 11) is 4.13. The normalized spacial score (nSPS) is 12.5. The van der Waals surface area contributed by atoms with Crippen LogP contribution in [0.15, 0.2) is 30.3 Å². The fourth-order valence-corrected chi connectivity index (χ4v) is 3.45. The average molecular weight is 547 g/mol. The Kier molecular flexibility index (Phi) is 12.2. The Labute approximate surface area is 228 Å². The molecule has 0 fully saturated rings. The first kappa shape index (κ1) is 31.1. The molecule has 0 unspecified atom stereocenters. The standard InChI is InChI=1S/C26H38N6O7/c1-26(2,3)39-25(35)29-18(14-10-11-15-27-22-30-23(37-5)32-24(31-22)38-6)20(33)28-19(21(34)36-4)16-17-12-8-7-9-13-17/h7-9,12-13,18-19H,10-11,14-16H2,1-6H3,(H,28,33)(H,29,35)(H,27,30,31,32)/t18-,19-/m0/s1. The molecule has 0 spiro atoms. The number of nitrogens with zero attached hydrogens (tertiary/aromatic N) is 3. The van der Waals surface area contributed by atoms with Crippen molar-refractivity contribution in [3.8, 4) is 12.0 Å². The Balaban J connectivity index is 2.03. The number of nitrogens with one attached hydrogen (secondary N) is 3. The van der Waals surface area contributed by atoms with Crippen molar-refractivity contribution in [1.29, 1.82) is 0 Å². The summed E-state index contributed by atoms with van der Waals surface area (Å²) < 4.78 is 20.3. The average Bonchev–Trinajstić information content (AvgIpc) is 2.90. The molecule has 0 aliphatic heterocycles. The van der Waals surface area contributed by atoms with Crippen molar-refractivity contribution >= 4 is 23.9 Å². The van der Waals surface area contributed by atoms with Crippen LogP contribution in [0.2, 0.25) is 0 Å². The van der Waals surface area contributed by atoms with Crippen LogP contribution >= 0.6 is 0 Å². The zero-order chi connectivity index (χ0) is 28.8. The fraction of sp³-hybridized carbons (Fsp3) is 0.538. The van der Waals surface area contributed by atoms with Crippen molar-refractivity contribution in [2.75, 3.05) is 33.2 Å². The van der Waals surface area contributed by atoms with E-state index in [1.165, 1.54) is 21.3 Å². The number of ether oxygens (including phenoxy) is 4. The minimum Gasteiger partial charge on any atom is -0.467 e. The molecule has 0 aliphatic rings. The molecule has 0 aliphatic carbocycles. The maximum atomic E-state index is 13.2. The lowest BCUT2D eigenvalue weighted by Crippen LogP contribution is -2.53. The van der Waals surface area contributed by atoms with Crippen LogP contribution in [0.5, 0.6) is 12.0 Å². The zero-order valence-corrected chi connectivity index (χ0v) is 23.3. The van der Waals surface area contributed by atoms with E-state index < -0.39 is 35.7 Å². The number of unbranched alkanes of at least 4 members (excludes halogenated alkanes) is 1. The van der Waals surface area contributed by atoms with Gasteiger partial charge in [-0.1, -0.05) is 30.3 Å². The van der Waals surface area contributed by atoms with Gasteiger partial charge in [-0.2, -0.15) is 9.97 Å². The Morgan fingerprint density at radius 2 is 1.51 bits per heavy atom. The van der Waals surface area contributed by atoms with Crippen LogP contribution in [-0.4, -0.2) is 78.5 Å². The number of anilines is 1. The number of aromatic nitrogens is 3. The number of esters is 1. The molecule has 2 aromatic rings. The van der Waals surface area contributed by atoms with Crippen molar-refractivity contribution in [1.82, 2.24) is 25.6 Å². The van der Waals surface area contributed by atoms with Crippen LogP contribution in [-0.2, 0) is 25.5 Å². The summed E-state index contributed by atoms with van der Waals surface area (Å²) in [6.45, 7) is 5.65. The highest BCUT2D eigenvalue weighted by Crippen LogP contribution is 2.13. The van der Waals surface area contributed by atoms with E-state index in [0.29, 0.717) is 19.4 Å². The van der Waals surface area contributed by atoms with Gasteiger partial charge in [0, 0.05) is 13.0 Å². The van der Waals surface area contributed by atoms with E-state index in [1.807, 2.05) is 30.3 Å². The molecular weight excluding hydrogens is 508 g/mol. The SMILES string of the molecule is COC(=O)[C@H](Cc1ccccc1)NC(=O)[C@H](CCCCNc1nc(OC)nc(OC)n1)NC(=O)OC(C)(C)C. The summed E-state index contributed by atoms with van der Waals surface area (Å²) in [5.74, 6) is -0.829. The van der Waals surface area contributed by atoms with Crippen molar-refractivity contribution in [2.24, 2.45) is 0 Å². The Morgan fingerprint density at radius 3 is 2.08 bits per heavy atom. The number of hydrogen-bond acceptors (Lipinski definition) is 11. The van der Waals surface area contributed by atoms with E-state index in [4.69, 9.17) is 18.9 Å². The van der Waals surface area contributed by atoms with Gasteiger partial charge in [-0.05, 0) is 45.6 Å². The Hall–Kier alpha value is -4.16. The lowest BCUT2D eigenvalue weighted by molar-refractivity contribution is -0.145. The molecule has 3 N–H and O–H groups in total. The highest BCUT2D eigenvalue weighted by molar-refractivity contribution is 5.89. The third-order valence-corrected chi connectivity index (χ3v) is 5.25. The molecule has 13 nitrogen and oxygen atoms in total. The summed E-state index contributed by atoms with van der Waals surface area (Å²) in [6.07, 6.45) is 0.946. The first-order valence-electron chi connectivity index (χ1n) is 12.5. The topological polar surface area (TPSA) is 163 Å². The third kappa shape index (κ3) is 11.4. The van der Waals surface area contributed by atoms with Crippen LogP contribution in [0, 0.1) is 0 Å². The number of hydrogen-bond donors (Lipinski definition) is 3. The quantitative estimate of drug-likeness (QED) is 0.235. The number of alkyl carbamates (subject to hydrolysis) is 1. The van der Waals surface area contributed by atoms with E-state index in [0.717, 1.165) is 5.56 Å². The van der Waals surface area contributed by atoms with Gasteiger partial charge in [-0.25, -0.2) is 9.59 Å². The van der Waals surface area contributed by atoms with E-state index in [1.54, 1.807) is 20.8 Å². The number of methoxy groups -OCH3 is 3. The Morgan fingerprint density at radius 1 is 0.872 bits per heavy atom. The molecule has 2 atom stereocenters. The zero-order valence-electron chi connectivity index (χ0n) is 23.3. The summed E-state index contributed by atoms with van der Waals surface area (Å²) in [5, 5.41) is 8.40. The predicted octanol–water partition coefficient (Wildman–Crippen LogP) is 2.26. The number of rotatable bonds is 14. The largest absolute Gasteiger partial charge is 0.467 e. The number of carbonyl (C=O) groups is 3. The second kappa shape index (κ2) is 15.3. The number of amides is 2. The van der Waals surface area contributed by atoms with Gasteiger partial charge in [0.25, 0.3) is 0 Å². The molecule has 1 aromatic heterocycles. The first-order valence-corrected chi connectivity index (χ1v) is 12.5. The molecule has 2 rings (SSSR count). The molecule has 1 heterocycles.